The third-order valence-corrected chi connectivity index (χ3v) is 5.48. The highest BCUT2D eigenvalue weighted by molar-refractivity contribution is 9.10. The fourth-order valence-corrected chi connectivity index (χ4v) is 3.81. The van der Waals surface area contributed by atoms with Crippen LogP contribution in [-0.2, 0) is 28.5 Å². The van der Waals surface area contributed by atoms with Crippen LogP contribution in [0.3, 0.4) is 0 Å². The van der Waals surface area contributed by atoms with E-state index in [1.54, 1.807) is 13.8 Å². The van der Waals surface area contributed by atoms with Gasteiger partial charge in [-0.1, -0.05) is 13.8 Å². The van der Waals surface area contributed by atoms with Gasteiger partial charge in [-0.3, -0.25) is 24.0 Å². The Labute approximate surface area is 202 Å². The number of halogens is 2. The van der Waals surface area contributed by atoms with E-state index in [2.05, 4.69) is 26.6 Å². The summed E-state index contributed by atoms with van der Waals surface area (Å²) in [5, 5.41) is 23.1. The second-order valence-corrected chi connectivity index (χ2v) is 8.99. The van der Waals surface area contributed by atoms with Crippen molar-refractivity contribution < 1.29 is 47.9 Å². The third kappa shape index (κ3) is 7.25. The summed E-state index contributed by atoms with van der Waals surface area (Å²) in [5.41, 5.74) is -2.26. The number of aliphatic carboxylic acids is 2. The number of hydrogen-bond donors (Lipinski definition) is 4. The van der Waals surface area contributed by atoms with Crippen molar-refractivity contribution in [3.63, 3.8) is 0 Å². The molecule has 0 bridgehead atoms. The highest BCUT2D eigenvalue weighted by Gasteiger charge is 2.57. The number of benzene rings is 1. The first-order valence-electron chi connectivity index (χ1n) is 10.2. The van der Waals surface area contributed by atoms with Gasteiger partial charge in [0.25, 0.3) is 5.91 Å². The minimum Gasteiger partial charge on any atom is -0.506 e. The van der Waals surface area contributed by atoms with Gasteiger partial charge in [0.15, 0.2) is 5.60 Å². The molecule has 0 saturated carbocycles. The summed E-state index contributed by atoms with van der Waals surface area (Å²) < 4.78 is 24.4. The van der Waals surface area contributed by atoms with Gasteiger partial charge >= 0.3 is 25.0 Å². The third-order valence-electron chi connectivity index (χ3n) is 4.79. The van der Waals surface area contributed by atoms with E-state index in [9.17, 15) is 28.4 Å². The SMILES string of the molecule is CC(C)C[C@H](NC(=O)CNC(=O)c1cc(F)ccc1Br)B1OC(=O)C(CC(=O)O)(CC(=O)O)O1. The van der Waals surface area contributed by atoms with Gasteiger partial charge in [-0.25, -0.2) is 4.39 Å². The zero-order valence-electron chi connectivity index (χ0n) is 18.3. The number of carboxylic acid groups (broad SMARTS) is 2. The van der Waals surface area contributed by atoms with Crippen molar-refractivity contribution >= 4 is 52.8 Å². The Balaban J connectivity index is 2.10. The first-order valence-corrected chi connectivity index (χ1v) is 11.0. The van der Waals surface area contributed by atoms with E-state index in [-0.39, 0.29) is 17.9 Å². The standard InChI is InChI=1S/C20H23BBrFN2O9/c1-10(2)5-14(21-33-19(32)20(34-21,7-16(27)28)8-17(29)30)25-15(26)9-24-18(31)12-6-11(23)3-4-13(12)22/h3-4,6,10,14H,5,7-9H2,1-2H3,(H,24,31)(H,25,26)(H,27,28)(H,29,30)/t14-/m0/s1. The second kappa shape index (κ2) is 11.4. The van der Waals surface area contributed by atoms with Crippen LogP contribution in [0.4, 0.5) is 4.39 Å². The van der Waals surface area contributed by atoms with Crippen LogP contribution in [0.5, 0.6) is 0 Å². The molecule has 4 N–H and O–H groups in total. The molecule has 1 aliphatic rings. The predicted octanol–water partition coefficient (Wildman–Crippen LogP) is 1.14. The molecule has 1 heterocycles. The molecule has 1 atom stereocenters. The lowest BCUT2D eigenvalue weighted by Gasteiger charge is -2.24. The molecule has 34 heavy (non-hydrogen) atoms. The highest BCUT2D eigenvalue weighted by atomic mass is 79.9. The van der Waals surface area contributed by atoms with Crippen LogP contribution in [0, 0.1) is 11.7 Å². The van der Waals surface area contributed by atoms with E-state index in [0.717, 1.165) is 12.1 Å². The van der Waals surface area contributed by atoms with Gasteiger partial charge in [0.1, 0.15) is 5.82 Å². The average Bonchev–Trinajstić information content (AvgIpc) is 3.01. The fourth-order valence-electron chi connectivity index (χ4n) is 3.38. The zero-order chi connectivity index (χ0) is 25.6. The molecule has 14 heteroatoms. The number of carbonyl (C=O) groups excluding carboxylic acids is 3. The molecule has 0 aromatic heterocycles. The van der Waals surface area contributed by atoms with E-state index in [1.165, 1.54) is 6.07 Å². The number of carbonyl (C=O) groups is 5. The Morgan fingerprint density at radius 1 is 1.18 bits per heavy atom. The van der Waals surface area contributed by atoms with Crippen molar-refractivity contribution in [3.8, 4) is 0 Å². The van der Waals surface area contributed by atoms with Gasteiger partial charge in [0.2, 0.25) is 5.91 Å². The molecular weight excluding hydrogens is 522 g/mol. The fraction of sp³-hybridized carbons (Fsp3) is 0.450. The lowest BCUT2D eigenvalue weighted by Crippen LogP contribution is -2.51. The molecule has 1 aromatic rings. The lowest BCUT2D eigenvalue weighted by atomic mass is 9.74. The van der Waals surface area contributed by atoms with Crippen molar-refractivity contribution in [3.05, 3.63) is 34.1 Å². The van der Waals surface area contributed by atoms with E-state index in [4.69, 9.17) is 19.5 Å². The first kappa shape index (κ1) is 27.3. The normalized spacial score (nSPS) is 15.6. The minimum absolute atomic E-state index is 0.0216. The van der Waals surface area contributed by atoms with E-state index >= 15 is 0 Å². The van der Waals surface area contributed by atoms with Gasteiger partial charge in [0, 0.05) is 4.47 Å². The molecule has 0 unspecified atom stereocenters. The summed E-state index contributed by atoms with van der Waals surface area (Å²) in [5.74, 6) is -7.13. The molecule has 0 radical (unpaired) electrons. The zero-order valence-corrected chi connectivity index (χ0v) is 19.9. The summed E-state index contributed by atoms with van der Waals surface area (Å²) in [4.78, 5) is 59.6. The monoisotopic (exact) mass is 544 g/mol. The molecule has 2 amide bonds. The smallest absolute Gasteiger partial charge is 0.506 e. The van der Waals surface area contributed by atoms with Gasteiger partial charge in [-0.05, 0) is 46.5 Å². The Kier molecular flexibility index (Phi) is 9.16. The first-order chi connectivity index (χ1) is 15.8. The van der Waals surface area contributed by atoms with Crippen molar-refractivity contribution in [2.24, 2.45) is 5.92 Å². The van der Waals surface area contributed by atoms with Gasteiger partial charge in [0.05, 0.1) is 30.9 Å². The van der Waals surface area contributed by atoms with Crippen molar-refractivity contribution in [1.29, 1.82) is 0 Å². The van der Waals surface area contributed by atoms with Crippen LogP contribution < -0.4 is 10.6 Å². The molecule has 0 aliphatic carbocycles. The highest BCUT2D eigenvalue weighted by Crippen LogP contribution is 2.32. The predicted molar refractivity (Wildman–Crippen MR) is 118 cm³/mol. The molecule has 1 fully saturated rings. The maximum absolute atomic E-state index is 13.4. The largest absolute Gasteiger partial charge is 0.552 e. The van der Waals surface area contributed by atoms with Crippen LogP contribution in [0.15, 0.2) is 22.7 Å². The summed E-state index contributed by atoms with van der Waals surface area (Å²) >= 11 is 3.12. The van der Waals surface area contributed by atoms with E-state index in [1.807, 2.05) is 0 Å². The Morgan fingerprint density at radius 3 is 2.35 bits per heavy atom. The van der Waals surface area contributed by atoms with Crippen LogP contribution in [0.2, 0.25) is 0 Å². The van der Waals surface area contributed by atoms with E-state index < -0.39 is 73.6 Å². The number of rotatable bonds is 11. The summed E-state index contributed by atoms with van der Waals surface area (Å²) in [6.45, 7) is 3.11. The maximum Gasteiger partial charge on any atom is 0.552 e. The van der Waals surface area contributed by atoms with Crippen LogP contribution in [-0.4, -0.2) is 65.1 Å². The van der Waals surface area contributed by atoms with Crippen LogP contribution >= 0.6 is 15.9 Å². The van der Waals surface area contributed by atoms with Crippen LogP contribution in [0.25, 0.3) is 0 Å². The molecule has 0 spiro atoms. The van der Waals surface area contributed by atoms with Crippen molar-refractivity contribution in [2.75, 3.05) is 6.54 Å². The van der Waals surface area contributed by atoms with Crippen molar-refractivity contribution in [2.45, 2.75) is 44.7 Å². The summed E-state index contributed by atoms with van der Waals surface area (Å²) in [6.07, 6.45) is -1.64. The second-order valence-electron chi connectivity index (χ2n) is 8.14. The molecular formula is C20H23BBrFN2O9. The van der Waals surface area contributed by atoms with E-state index in [0.29, 0.717) is 4.47 Å². The molecule has 184 valence electrons. The molecule has 1 aliphatic heterocycles. The number of hydrogen-bond acceptors (Lipinski definition) is 7. The number of amides is 2. The molecule has 11 nitrogen and oxygen atoms in total. The van der Waals surface area contributed by atoms with Gasteiger partial charge < -0.3 is 30.2 Å². The molecule has 1 aromatic carbocycles. The van der Waals surface area contributed by atoms with Crippen LogP contribution in [0.1, 0.15) is 43.5 Å². The number of nitrogens with one attached hydrogen (secondary N) is 2. The number of carboxylic acids is 2. The molecule has 2 rings (SSSR count). The Bertz CT molecular complexity index is 975. The van der Waals surface area contributed by atoms with Gasteiger partial charge in [-0.2, -0.15) is 0 Å². The van der Waals surface area contributed by atoms with Crippen molar-refractivity contribution in [1.82, 2.24) is 10.6 Å². The lowest BCUT2D eigenvalue weighted by molar-refractivity contribution is -0.157. The average molecular weight is 545 g/mol. The Hall–Kier alpha value is -3.00. The van der Waals surface area contributed by atoms with Gasteiger partial charge in [-0.15, -0.1) is 0 Å². The summed E-state index contributed by atoms with van der Waals surface area (Å²) in [7, 11) is -1.44. The topological polar surface area (TPSA) is 168 Å². The quantitative estimate of drug-likeness (QED) is 0.298. The molecule has 1 saturated heterocycles. The maximum atomic E-state index is 13.4. The Morgan fingerprint density at radius 2 is 1.79 bits per heavy atom. The minimum atomic E-state index is -2.24. The summed E-state index contributed by atoms with van der Waals surface area (Å²) in [6, 6.07) is 3.49.